The third-order valence-electron chi connectivity index (χ3n) is 3.37. The summed E-state index contributed by atoms with van der Waals surface area (Å²) in [6.07, 6.45) is 3.26. The molecule has 1 aromatic rings. The van der Waals surface area contributed by atoms with Crippen molar-refractivity contribution in [1.82, 2.24) is 20.4 Å². The van der Waals surface area contributed by atoms with Crippen molar-refractivity contribution in [2.75, 3.05) is 6.54 Å². The van der Waals surface area contributed by atoms with Crippen molar-refractivity contribution < 1.29 is 0 Å². The van der Waals surface area contributed by atoms with Crippen LogP contribution in [0.3, 0.4) is 0 Å². The molecule has 0 aliphatic heterocycles. The fourth-order valence-corrected chi connectivity index (χ4v) is 1.93. The van der Waals surface area contributed by atoms with Crippen LogP contribution in [0.1, 0.15) is 45.9 Å². The van der Waals surface area contributed by atoms with Crippen molar-refractivity contribution in [2.45, 2.75) is 52.7 Å². The molecule has 1 aromatic heterocycles. The van der Waals surface area contributed by atoms with E-state index in [9.17, 15) is 0 Å². The molecule has 1 fully saturated rings. The molecule has 1 aliphatic rings. The maximum atomic E-state index is 4.59. The van der Waals surface area contributed by atoms with Crippen molar-refractivity contribution >= 4 is 5.96 Å². The van der Waals surface area contributed by atoms with E-state index in [1.165, 1.54) is 6.42 Å². The molecule has 0 aromatic carbocycles. The van der Waals surface area contributed by atoms with Crippen molar-refractivity contribution in [3.8, 4) is 0 Å². The van der Waals surface area contributed by atoms with Crippen LogP contribution < -0.4 is 10.6 Å². The van der Waals surface area contributed by atoms with Crippen molar-refractivity contribution in [3.05, 3.63) is 18.0 Å². The molecular formula is C14H25N5. The number of rotatable bonds is 5. The molecule has 5 nitrogen and oxygen atoms in total. The minimum Gasteiger partial charge on any atom is -0.357 e. The summed E-state index contributed by atoms with van der Waals surface area (Å²) in [5.41, 5.74) is 1.01. The predicted octanol–water partition coefficient (Wildman–Crippen LogP) is 1.93. The molecule has 19 heavy (non-hydrogen) atoms. The summed E-state index contributed by atoms with van der Waals surface area (Å²) in [7, 11) is 0. The summed E-state index contributed by atoms with van der Waals surface area (Å²) >= 11 is 0. The Balaban J connectivity index is 1.92. The molecule has 1 saturated carbocycles. The topological polar surface area (TPSA) is 54.2 Å². The van der Waals surface area contributed by atoms with Crippen LogP contribution in [-0.2, 0) is 6.54 Å². The second-order valence-corrected chi connectivity index (χ2v) is 5.54. The van der Waals surface area contributed by atoms with Crippen LogP contribution >= 0.6 is 0 Å². The number of nitrogens with zero attached hydrogens (tertiary/aromatic N) is 3. The van der Waals surface area contributed by atoms with Crippen LogP contribution in [0.2, 0.25) is 0 Å². The van der Waals surface area contributed by atoms with E-state index in [4.69, 9.17) is 0 Å². The lowest BCUT2D eigenvalue weighted by atomic mass is 10.4. The first kappa shape index (κ1) is 13.9. The summed E-state index contributed by atoms with van der Waals surface area (Å²) in [6, 6.07) is 3.02. The lowest BCUT2D eigenvalue weighted by Gasteiger charge is -2.10. The molecule has 5 heteroatoms. The van der Waals surface area contributed by atoms with Gasteiger partial charge in [0, 0.05) is 24.8 Å². The van der Waals surface area contributed by atoms with Crippen molar-refractivity contribution in [3.63, 3.8) is 0 Å². The molecule has 0 amide bonds. The molecule has 2 N–H and O–H groups in total. The van der Waals surface area contributed by atoms with E-state index < -0.39 is 0 Å². The van der Waals surface area contributed by atoms with Gasteiger partial charge >= 0.3 is 0 Å². The van der Waals surface area contributed by atoms with E-state index in [0.717, 1.165) is 24.1 Å². The summed E-state index contributed by atoms with van der Waals surface area (Å²) in [4.78, 5) is 4.59. The molecule has 0 radical (unpaired) electrons. The van der Waals surface area contributed by atoms with E-state index in [1.807, 2.05) is 16.9 Å². The zero-order valence-electron chi connectivity index (χ0n) is 12.3. The summed E-state index contributed by atoms with van der Waals surface area (Å²) in [5, 5.41) is 11.2. The van der Waals surface area contributed by atoms with Gasteiger partial charge in [-0.25, -0.2) is 4.99 Å². The largest absolute Gasteiger partial charge is 0.357 e. The van der Waals surface area contributed by atoms with Crippen LogP contribution in [-0.4, -0.2) is 28.3 Å². The average Bonchev–Trinajstić information content (AvgIpc) is 2.89. The maximum absolute atomic E-state index is 4.59. The fourth-order valence-electron chi connectivity index (χ4n) is 1.93. The van der Waals surface area contributed by atoms with Crippen LogP contribution in [0.4, 0.5) is 0 Å². The molecule has 0 saturated heterocycles. The van der Waals surface area contributed by atoms with Crippen LogP contribution in [0.25, 0.3) is 0 Å². The van der Waals surface area contributed by atoms with E-state index in [1.54, 1.807) is 0 Å². The van der Waals surface area contributed by atoms with Crippen molar-refractivity contribution in [2.24, 2.45) is 10.9 Å². The maximum Gasteiger partial charge on any atom is 0.191 e. The highest BCUT2D eigenvalue weighted by Gasteiger charge is 2.33. The van der Waals surface area contributed by atoms with Crippen LogP contribution in [0.5, 0.6) is 0 Å². The number of guanidine groups is 1. The number of hydrogen-bond donors (Lipinski definition) is 2. The summed E-state index contributed by atoms with van der Waals surface area (Å²) in [6.45, 7) is 10.1. The third kappa shape index (κ3) is 3.98. The number of aliphatic imine (C=N–C) groups is 1. The van der Waals surface area contributed by atoms with Gasteiger partial charge in [-0.1, -0.05) is 6.92 Å². The molecule has 2 rings (SSSR count). The fraction of sp³-hybridized carbons (Fsp3) is 0.714. The van der Waals surface area contributed by atoms with Gasteiger partial charge in [-0.2, -0.15) is 5.10 Å². The second kappa shape index (κ2) is 6.08. The van der Waals surface area contributed by atoms with Gasteiger partial charge in [-0.15, -0.1) is 0 Å². The van der Waals surface area contributed by atoms with E-state index in [0.29, 0.717) is 18.6 Å². The van der Waals surface area contributed by atoms with Gasteiger partial charge in [0.2, 0.25) is 0 Å². The van der Waals surface area contributed by atoms with Gasteiger partial charge < -0.3 is 10.6 Å². The molecule has 106 valence electrons. The van der Waals surface area contributed by atoms with Gasteiger partial charge in [0.15, 0.2) is 5.96 Å². The Morgan fingerprint density at radius 3 is 2.84 bits per heavy atom. The van der Waals surface area contributed by atoms with Gasteiger partial charge in [0.25, 0.3) is 0 Å². The Kier molecular flexibility index (Phi) is 4.45. The minimum atomic E-state index is 0.399. The highest BCUT2D eigenvalue weighted by atomic mass is 15.3. The van der Waals surface area contributed by atoms with E-state index in [2.05, 4.69) is 48.4 Å². The SMILES string of the molecule is CCNC(=NCc1ccn(C(C)C)n1)NC1CC1C. The first-order valence-electron chi connectivity index (χ1n) is 7.19. The van der Waals surface area contributed by atoms with E-state index >= 15 is 0 Å². The van der Waals surface area contributed by atoms with E-state index in [-0.39, 0.29) is 0 Å². The molecule has 1 heterocycles. The Morgan fingerprint density at radius 2 is 2.32 bits per heavy atom. The molecule has 1 aliphatic carbocycles. The lowest BCUT2D eigenvalue weighted by molar-refractivity contribution is 0.526. The number of nitrogens with one attached hydrogen (secondary N) is 2. The predicted molar refractivity (Wildman–Crippen MR) is 78.1 cm³/mol. The van der Waals surface area contributed by atoms with Crippen molar-refractivity contribution in [1.29, 1.82) is 0 Å². The number of hydrogen-bond acceptors (Lipinski definition) is 2. The summed E-state index contributed by atoms with van der Waals surface area (Å²) < 4.78 is 1.97. The average molecular weight is 263 g/mol. The number of aromatic nitrogens is 2. The molecular weight excluding hydrogens is 238 g/mol. The smallest absolute Gasteiger partial charge is 0.191 e. The Labute approximate surface area is 115 Å². The normalized spacial score (nSPS) is 22.7. The van der Waals surface area contributed by atoms with Gasteiger partial charge in [-0.05, 0) is 39.2 Å². The first-order chi connectivity index (χ1) is 9.10. The molecule has 2 unspecified atom stereocenters. The third-order valence-corrected chi connectivity index (χ3v) is 3.37. The van der Waals surface area contributed by atoms with Crippen LogP contribution in [0.15, 0.2) is 17.3 Å². The summed E-state index contributed by atoms with van der Waals surface area (Å²) in [5.74, 6) is 1.67. The highest BCUT2D eigenvalue weighted by molar-refractivity contribution is 5.80. The molecule has 0 bridgehead atoms. The second-order valence-electron chi connectivity index (χ2n) is 5.54. The first-order valence-corrected chi connectivity index (χ1v) is 7.19. The Bertz CT molecular complexity index is 435. The zero-order chi connectivity index (χ0) is 13.8. The Hall–Kier alpha value is -1.52. The van der Waals surface area contributed by atoms with Gasteiger partial charge in [0.1, 0.15) is 0 Å². The molecule has 2 atom stereocenters. The zero-order valence-corrected chi connectivity index (χ0v) is 12.3. The monoisotopic (exact) mass is 263 g/mol. The molecule has 0 spiro atoms. The quantitative estimate of drug-likeness (QED) is 0.630. The minimum absolute atomic E-state index is 0.399. The lowest BCUT2D eigenvalue weighted by Crippen LogP contribution is -2.39. The highest BCUT2D eigenvalue weighted by Crippen LogP contribution is 2.28. The van der Waals surface area contributed by atoms with Gasteiger partial charge in [-0.3, -0.25) is 4.68 Å². The Morgan fingerprint density at radius 1 is 1.58 bits per heavy atom. The van der Waals surface area contributed by atoms with Gasteiger partial charge in [0.05, 0.1) is 12.2 Å². The van der Waals surface area contributed by atoms with Crippen LogP contribution in [0, 0.1) is 5.92 Å². The standard InChI is InChI=1S/C14H25N5/c1-5-15-14(17-13-8-11(13)4)16-9-12-6-7-19(18-12)10(2)3/h6-7,10-11,13H,5,8-9H2,1-4H3,(H2,15,16,17).